The number of alkyl halides is 3. The number of carbonyl (C=O) groups excluding carboxylic acids is 1. The number of nitro groups is 1. The van der Waals surface area contributed by atoms with E-state index in [0.29, 0.717) is 16.5 Å². The van der Waals surface area contributed by atoms with Gasteiger partial charge >= 0.3 is 11.9 Å². The summed E-state index contributed by atoms with van der Waals surface area (Å²) in [4.78, 5) is 23.2. The molecule has 1 aliphatic rings. The summed E-state index contributed by atoms with van der Waals surface area (Å²) < 4.78 is 44.1. The molecule has 11 heteroatoms. The van der Waals surface area contributed by atoms with Crippen LogP contribution in [0.25, 0.3) is 6.08 Å². The van der Waals surface area contributed by atoms with Crippen LogP contribution in [-0.4, -0.2) is 16.3 Å². The van der Waals surface area contributed by atoms with Crippen molar-refractivity contribution in [2.45, 2.75) is 25.0 Å². The van der Waals surface area contributed by atoms with Crippen molar-refractivity contribution in [3.05, 3.63) is 98.4 Å². The summed E-state index contributed by atoms with van der Waals surface area (Å²) in [6, 6.07) is 16.3. The molecule has 0 unspecified atom stereocenters. The maximum Gasteiger partial charge on any atom is 0.416 e. The number of nitrogens with zero attached hydrogens (tertiary/aromatic N) is 1. The van der Waals surface area contributed by atoms with Gasteiger partial charge in [-0.2, -0.15) is 13.2 Å². The summed E-state index contributed by atoms with van der Waals surface area (Å²) in [7, 11) is 0. The number of benzene rings is 3. The third kappa shape index (κ3) is 5.98. The minimum Gasteiger partial charge on any atom is -0.450 e. The summed E-state index contributed by atoms with van der Waals surface area (Å²) >= 11 is 1.32. The van der Waals surface area contributed by atoms with E-state index in [4.69, 9.17) is 4.74 Å². The number of anilines is 1. The van der Waals surface area contributed by atoms with Crippen molar-refractivity contribution in [3.8, 4) is 11.5 Å². The Kier molecular flexibility index (Phi) is 7.20. The van der Waals surface area contributed by atoms with Gasteiger partial charge in [-0.05, 0) is 60.0 Å². The molecule has 2 N–H and O–H groups in total. The molecule has 1 atom stereocenters. The van der Waals surface area contributed by atoms with Crippen LogP contribution in [0.4, 0.5) is 24.5 Å². The Hall–Kier alpha value is -3.99. The number of amides is 1. The molecule has 1 saturated heterocycles. The van der Waals surface area contributed by atoms with E-state index in [0.717, 1.165) is 24.2 Å². The van der Waals surface area contributed by atoms with Crippen LogP contribution in [0.1, 0.15) is 23.6 Å². The fourth-order valence-electron chi connectivity index (χ4n) is 3.39. The molecule has 3 aromatic carbocycles. The van der Waals surface area contributed by atoms with E-state index in [1.807, 2.05) is 24.3 Å². The highest BCUT2D eigenvalue weighted by atomic mass is 32.2. The van der Waals surface area contributed by atoms with Crippen LogP contribution in [0.3, 0.4) is 0 Å². The minimum absolute atomic E-state index is 0.193. The monoisotopic (exact) mass is 515 g/mol. The number of hydrogen-bond donors (Lipinski definition) is 2. The third-order valence-corrected chi connectivity index (χ3v) is 6.31. The van der Waals surface area contributed by atoms with E-state index in [2.05, 4.69) is 17.6 Å². The highest BCUT2D eigenvalue weighted by Crippen LogP contribution is 2.38. The van der Waals surface area contributed by atoms with Crippen LogP contribution in [0, 0.1) is 10.1 Å². The van der Waals surface area contributed by atoms with E-state index in [1.54, 1.807) is 18.2 Å². The van der Waals surface area contributed by atoms with Crippen molar-refractivity contribution < 1.29 is 27.6 Å². The summed E-state index contributed by atoms with van der Waals surface area (Å²) in [6.07, 6.45) is -2.09. The van der Waals surface area contributed by atoms with Gasteiger partial charge in [0.05, 0.1) is 15.4 Å². The molecule has 7 nitrogen and oxygen atoms in total. The van der Waals surface area contributed by atoms with Crippen LogP contribution in [-0.2, 0) is 17.4 Å². The molecule has 3 aromatic rings. The van der Waals surface area contributed by atoms with Crippen molar-refractivity contribution in [2.24, 2.45) is 0 Å². The van der Waals surface area contributed by atoms with Gasteiger partial charge in [0.25, 0.3) is 5.91 Å². The quantitative estimate of drug-likeness (QED) is 0.210. The minimum atomic E-state index is -4.71. The van der Waals surface area contributed by atoms with Gasteiger partial charge in [0.2, 0.25) is 5.75 Å². The SMILES string of the molecule is CCc1ccc(N[C@H]2NC(=O)/C(=C/c3ccc(Oc4ccc(C(F)(F)F)cc4[N+](=O)[O-])cc3)S2)cc1. The fraction of sp³-hybridized carbons (Fsp3) is 0.160. The number of hydrogen-bond acceptors (Lipinski definition) is 6. The topological polar surface area (TPSA) is 93.5 Å². The van der Waals surface area contributed by atoms with Crippen molar-refractivity contribution in [1.29, 1.82) is 0 Å². The lowest BCUT2D eigenvalue weighted by atomic mass is 10.1. The number of aryl methyl sites for hydroxylation is 1. The maximum absolute atomic E-state index is 12.9. The van der Waals surface area contributed by atoms with Gasteiger partial charge in [0.15, 0.2) is 5.50 Å². The first-order chi connectivity index (χ1) is 17.1. The normalized spacial score (nSPS) is 16.6. The van der Waals surface area contributed by atoms with E-state index in [9.17, 15) is 28.1 Å². The van der Waals surface area contributed by atoms with E-state index >= 15 is 0 Å². The van der Waals surface area contributed by atoms with Crippen LogP contribution in [0.2, 0.25) is 0 Å². The lowest BCUT2D eigenvalue weighted by molar-refractivity contribution is -0.385. The second-order valence-electron chi connectivity index (χ2n) is 7.78. The molecular weight excluding hydrogens is 495 g/mol. The van der Waals surface area contributed by atoms with Gasteiger partial charge in [-0.25, -0.2) is 0 Å². The highest BCUT2D eigenvalue weighted by Gasteiger charge is 2.33. The Bertz CT molecular complexity index is 1310. The molecule has 0 aliphatic carbocycles. The highest BCUT2D eigenvalue weighted by molar-refractivity contribution is 8.05. The molecule has 186 valence electrons. The lowest BCUT2D eigenvalue weighted by Crippen LogP contribution is -2.30. The number of nitrogens with one attached hydrogen (secondary N) is 2. The molecule has 0 saturated carbocycles. The standard InChI is InChI=1S/C25H20F3N3O4S/c1-2-15-3-8-18(9-4-15)29-24-30-23(32)22(36-24)13-16-5-10-19(11-6-16)35-21-12-7-17(25(26,27)28)14-20(21)31(33)34/h3-14,24,29H,2H2,1H3,(H,30,32)/b22-13-/t24-/m0/s1. The maximum atomic E-state index is 12.9. The van der Waals surface area contributed by atoms with Crippen molar-refractivity contribution in [3.63, 3.8) is 0 Å². The Morgan fingerprint density at radius 2 is 1.81 bits per heavy atom. The largest absolute Gasteiger partial charge is 0.450 e. The number of nitro benzene ring substituents is 1. The Labute approximate surface area is 208 Å². The Morgan fingerprint density at radius 1 is 1.11 bits per heavy atom. The second kappa shape index (κ2) is 10.3. The van der Waals surface area contributed by atoms with Crippen molar-refractivity contribution >= 4 is 35.1 Å². The first kappa shape index (κ1) is 25.1. The summed E-state index contributed by atoms with van der Waals surface area (Å²) in [5.74, 6) is -0.354. The van der Waals surface area contributed by atoms with Gasteiger partial charge in [-0.15, -0.1) is 0 Å². The molecular formula is C25H20F3N3O4S. The predicted octanol–water partition coefficient (Wildman–Crippen LogP) is 6.57. The second-order valence-corrected chi connectivity index (χ2v) is 8.93. The average molecular weight is 516 g/mol. The summed E-state index contributed by atoms with van der Waals surface area (Å²) in [5, 5.41) is 17.3. The smallest absolute Gasteiger partial charge is 0.416 e. The van der Waals surface area contributed by atoms with Crippen LogP contribution in [0.5, 0.6) is 11.5 Å². The molecule has 36 heavy (non-hydrogen) atoms. The predicted molar refractivity (Wildman–Crippen MR) is 132 cm³/mol. The van der Waals surface area contributed by atoms with E-state index < -0.39 is 22.4 Å². The average Bonchev–Trinajstić information content (AvgIpc) is 3.18. The van der Waals surface area contributed by atoms with Crippen LogP contribution < -0.4 is 15.4 Å². The molecule has 0 spiro atoms. The van der Waals surface area contributed by atoms with Crippen LogP contribution in [0.15, 0.2) is 71.6 Å². The lowest BCUT2D eigenvalue weighted by Gasteiger charge is -2.12. The first-order valence-corrected chi connectivity index (χ1v) is 11.7. The zero-order chi connectivity index (χ0) is 25.9. The van der Waals surface area contributed by atoms with E-state index in [-0.39, 0.29) is 22.9 Å². The third-order valence-electron chi connectivity index (χ3n) is 5.28. The molecule has 1 heterocycles. The van der Waals surface area contributed by atoms with Gasteiger partial charge in [0, 0.05) is 11.8 Å². The molecule has 1 aliphatic heterocycles. The number of rotatable bonds is 7. The molecule has 4 rings (SSSR count). The van der Waals surface area contributed by atoms with Gasteiger partial charge in [-0.1, -0.05) is 43.0 Å². The van der Waals surface area contributed by atoms with Gasteiger partial charge < -0.3 is 15.4 Å². The molecule has 0 radical (unpaired) electrons. The Morgan fingerprint density at radius 3 is 2.42 bits per heavy atom. The summed E-state index contributed by atoms with van der Waals surface area (Å²) in [5.41, 5.74) is 0.503. The number of thioether (sulfide) groups is 1. The van der Waals surface area contributed by atoms with Crippen molar-refractivity contribution in [2.75, 3.05) is 5.32 Å². The molecule has 1 amide bonds. The van der Waals surface area contributed by atoms with E-state index in [1.165, 1.54) is 29.5 Å². The number of carbonyl (C=O) groups is 1. The zero-order valence-corrected chi connectivity index (χ0v) is 19.7. The van der Waals surface area contributed by atoms with Gasteiger partial charge in [-0.3, -0.25) is 14.9 Å². The fourth-order valence-corrected chi connectivity index (χ4v) is 4.37. The molecule has 0 aromatic heterocycles. The molecule has 1 fully saturated rings. The van der Waals surface area contributed by atoms with Crippen LogP contribution >= 0.6 is 11.8 Å². The Balaban J connectivity index is 1.44. The summed E-state index contributed by atoms with van der Waals surface area (Å²) in [6.45, 7) is 2.07. The zero-order valence-electron chi connectivity index (χ0n) is 18.8. The number of halogens is 3. The number of ether oxygens (including phenoxy) is 1. The van der Waals surface area contributed by atoms with Crippen molar-refractivity contribution in [1.82, 2.24) is 5.32 Å². The van der Waals surface area contributed by atoms with Gasteiger partial charge in [0.1, 0.15) is 5.75 Å². The molecule has 0 bridgehead atoms. The first-order valence-electron chi connectivity index (χ1n) is 10.8.